The maximum Gasteiger partial charge on any atom is 0.0698 e. The summed E-state index contributed by atoms with van der Waals surface area (Å²) in [5.41, 5.74) is 0. The zero-order chi connectivity index (χ0) is 108. The largest absolute Gasteiger partial charge is 0.396 e. The van der Waals surface area contributed by atoms with E-state index in [2.05, 4.69) is 126 Å². The van der Waals surface area contributed by atoms with E-state index in [9.17, 15) is 0 Å². The molecule has 7 fully saturated rings. The number of hydrogen-bond donors (Lipinski definition) is 25. The van der Waals surface area contributed by atoms with Crippen LogP contribution < -0.4 is 21.3 Å². The number of ether oxygens (including phenoxy) is 1. The summed E-state index contributed by atoms with van der Waals surface area (Å²) in [4.78, 5) is 32.0. The molecule has 7 aliphatic rings. The van der Waals surface area contributed by atoms with Crippen LogP contribution in [0.15, 0.2) is 0 Å². The second-order valence-electron chi connectivity index (χ2n) is 36.5. The molecular formula is C99H235N19O22. The van der Waals surface area contributed by atoms with E-state index in [0.29, 0.717) is 90.7 Å². The van der Waals surface area contributed by atoms with Crippen LogP contribution in [0.2, 0.25) is 0 Å². The predicted octanol–water partition coefficient (Wildman–Crippen LogP) is -5.15. The Hall–Kier alpha value is -1.64. The zero-order valence-electron chi connectivity index (χ0n) is 93.2. The van der Waals surface area contributed by atoms with Crippen molar-refractivity contribution >= 4 is 0 Å². The molecule has 5 unspecified atom stereocenters. The van der Waals surface area contributed by atoms with Gasteiger partial charge in [0, 0.05) is 223 Å². The Balaban J connectivity index is -0.000000187. The molecule has 25 N–H and O–H groups in total. The average Bonchev–Trinajstić information content (AvgIpc) is 0.916. The maximum absolute atomic E-state index is 9.00. The van der Waals surface area contributed by atoms with Crippen LogP contribution in [-0.4, -0.2) is 682 Å². The fourth-order valence-corrected chi connectivity index (χ4v) is 13.9. The third-order valence-electron chi connectivity index (χ3n) is 22.7. The Morgan fingerprint density at radius 1 is 0.300 bits per heavy atom. The van der Waals surface area contributed by atoms with Gasteiger partial charge in [-0.1, -0.05) is 48.5 Å². The topological polar surface area (TPSA) is 531 Å². The summed E-state index contributed by atoms with van der Waals surface area (Å²) in [6.45, 7) is 66.1. The molecule has 0 aliphatic carbocycles. The molecule has 0 aromatic rings. The van der Waals surface area contributed by atoms with Crippen LogP contribution in [-0.2, 0) is 4.74 Å². The molecular weight excluding hydrogens is 1810 g/mol. The lowest BCUT2D eigenvalue weighted by molar-refractivity contribution is 0.0710. The van der Waals surface area contributed by atoms with Crippen LogP contribution in [0.4, 0.5) is 0 Å². The second-order valence-corrected chi connectivity index (χ2v) is 36.5. The van der Waals surface area contributed by atoms with Crippen molar-refractivity contribution in [2.24, 2.45) is 11.8 Å². The maximum atomic E-state index is 9.00. The molecule has 140 heavy (non-hydrogen) atoms. The van der Waals surface area contributed by atoms with Crippen molar-refractivity contribution in [3.8, 4) is 0 Å². The van der Waals surface area contributed by atoms with Gasteiger partial charge in [-0.3, -0.25) is 29.4 Å². The van der Waals surface area contributed by atoms with Gasteiger partial charge >= 0.3 is 0 Å². The monoisotopic (exact) mass is 2040 g/mol. The molecule has 0 aromatic carbocycles. The van der Waals surface area contributed by atoms with Crippen LogP contribution >= 0.6 is 0 Å². The minimum absolute atomic E-state index is 0.0220. The molecule has 7 heterocycles. The van der Waals surface area contributed by atoms with Gasteiger partial charge in [-0.25, -0.2) is 0 Å². The van der Waals surface area contributed by atoms with Crippen LogP contribution in [0.3, 0.4) is 0 Å². The Kier molecular flexibility index (Phi) is 140. The molecule has 0 aromatic heterocycles. The number of β-amino-alcohol motifs (C(OH)–C–C–N with tert-alkyl or cyclic N) is 3. The minimum Gasteiger partial charge on any atom is -0.396 e. The van der Waals surface area contributed by atoms with Crippen LogP contribution in [0, 0.1) is 11.8 Å². The molecule has 41 heteroatoms. The number of nitrogens with one attached hydrogen (secondary N) is 4. The molecule has 7 aliphatic heterocycles. The highest BCUT2D eigenvalue weighted by Crippen LogP contribution is 2.14. The van der Waals surface area contributed by atoms with Gasteiger partial charge in [0.05, 0.1) is 130 Å². The SMILES string of the molecule is CC(O)CN(C)C.CCN(CC)CC(C)O.CCN(CC)CCCC(C)O.CCN(CC)CCO.CCN(CCO)CCO.CN(C)CCCO.CN(C)CCO.CN(CCO)CCO.CN1CCC(O)CC1.CN1CCCC(CO)C1.OC1CCNCC1.OCC1CCCNC1.OCCN(CCO)CCO.OCCN1CCN(CCO)CC1.OCCN1CCNCC1.OCCOCCN1CCNCC1. The summed E-state index contributed by atoms with van der Waals surface area (Å²) in [5, 5.41) is 193. The molecule has 5 atom stereocenters. The fraction of sp³-hybridized carbons (Fsp3) is 1.00. The van der Waals surface area contributed by atoms with Crippen LogP contribution in [0.25, 0.3) is 0 Å². The van der Waals surface area contributed by atoms with E-state index >= 15 is 0 Å². The van der Waals surface area contributed by atoms with Crippen molar-refractivity contribution in [1.29, 1.82) is 0 Å². The lowest BCUT2D eigenvalue weighted by atomic mass is 10.00. The summed E-state index contributed by atoms with van der Waals surface area (Å²) in [7, 11) is 17.8. The van der Waals surface area contributed by atoms with E-state index in [1.807, 2.05) is 89.7 Å². The number of likely N-dealkylation sites (N-methyl/N-ethyl adjacent to an activating group) is 6. The summed E-state index contributed by atoms with van der Waals surface area (Å²) < 4.78 is 5.17. The van der Waals surface area contributed by atoms with E-state index in [1.54, 1.807) is 11.8 Å². The predicted molar refractivity (Wildman–Crippen MR) is 576 cm³/mol. The number of piperidine rings is 4. The number of likely N-dealkylation sites (tertiary alicyclic amines) is 2. The second kappa shape index (κ2) is 126. The fourth-order valence-electron chi connectivity index (χ4n) is 13.9. The number of aliphatic hydroxyl groups is 21. The first-order valence-electron chi connectivity index (χ1n) is 53.2. The van der Waals surface area contributed by atoms with Crippen molar-refractivity contribution in [2.45, 2.75) is 170 Å². The van der Waals surface area contributed by atoms with E-state index in [1.165, 1.54) is 32.2 Å². The third kappa shape index (κ3) is 131. The Morgan fingerprint density at radius 3 is 0.936 bits per heavy atom. The normalized spacial score (nSPS) is 17.8. The lowest BCUT2D eigenvalue weighted by Gasteiger charge is -2.33. The molecule has 0 amide bonds. The molecule has 7 saturated heterocycles. The first-order chi connectivity index (χ1) is 67.1. The van der Waals surface area contributed by atoms with E-state index in [0.717, 1.165) is 287 Å². The van der Waals surface area contributed by atoms with Crippen molar-refractivity contribution in [2.75, 3.05) is 470 Å². The van der Waals surface area contributed by atoms with Gasteiger partial charge in [-0.2, -0.15) is 0 Å². The number of hydrogen-bond acceptors (Lipinski definition) is 41. The summed E-state index contributed by atoms with van der Waals surface area (Å²) in [6, 6.07) is 0. The standard InChI is InChI=1S/C9H21NO.2C8H18N2O2.C7H15NO.C7H17NO.C6H14N2O.C6H15NO3.C6H15NO2.2C6H13NO.C6H15NO.C5H13NO2.C5H11NO.2C5H13NO.C4H11NO/c1-4-10(5-2)8-6-7-9(3)11;11-6-8-12-7-5-10-3-1-9-2-4-10;11-7-5-9-1-2-10(4-3-9)6-8-12;1-8-4-2-3-7(5-8)6-9;1-4-8(5-2)6-7(3)9;9-6-5-8-3-1-7-2-4-8;8-4-1-7(2-5-9)3-6-10;1-2-7(3-5-8)4-6-9;1-7-4-2-6(8)3-5-7;8-5-6-2-1-3-7-4-6;1-3-7(4-2)5-6-8;1-6(2-4-7)3-5-8;7-5-1-3-6-4-2-5;1-5(7)4-6(2)3;1-6(2)4-3-5-7;1-5(2)3-4-6/h9,11H,4-8H2,1-3H3;9,11H,1-8H2;11-12H,1-8H2;7,9H,2-6H2,1H3;7,9H,4-6H2,1-3H3;7,9H,1-6H2;8-10H,1-6H2;8-9H,2-6H2,1H3;6,8H,2-5H2,1H3;6-8H,1-5H2;8H,3-6H2,1-2H3;7-8H,2-5H2,1H3;5-7H,1-4H2;5,7H,4H2,1-3H3;7H,3-5H2,1-2H3;6H,3-4H2,1-2H3. The number of nitrogens with zero attached hydrogens (tertiary/aromatic N) is 15. The number of piperazine rings is 3. The van der Waals surface area contributed by atoms with E-state index in [4.69, 9.17) is 112 Å². The smallest absolute Gasteiger partial charge is 0.0698 e. The van der Waals surface area contributed by atoms with Gasteiger partial charge in [0.2, 0.25) is 0 Å². The highest BCUT2D eigenvalue weighted by molar-refractivity contribution is 4.74. The van der Waals surface area contributed by atoms with Gasteiger partial charge in [0.15, 0.2) is 0 Å². The minimum atomic E-state index is -0.199. The molecule has 0 bridgehead atoms. The van der Waals surface area contributed by atoms with Crippen molar-refractivity contribution in [3.63, 3.8) is 0 Å². The Morgan fingerprint density at radius 2 is 0.671 bits per heavy atom. The van der Waals surface area contributed by atoms with Crippen LogP contribution in [0.5, 0.6) is 0 Å². The summed E-state index contributed by atoms with van der Waals surface area (Å²) >= 11 is 0. The highest BCUT2D eigenvalue weighted by atomic mass is 16.5. The third-order valence-corrected chi connectivity index (χ3v) is 22.7. The summed E-state index contributed by atoms with van der Waals surface area (Å²) in [6.07, 6.45) is 11.0. The van der Waals surface area contributed by atoms with E-state index < -0.39 is 0 Å². The summed E-state index contributed by atoms with van der Waals surface area (Å²) in [5.74, 6) is 1.08. The molecule has 0 spiro atoms. The van der Waals surface area contributed by atoms with E-state index in [-0.39, 0.29) is 110 Å². The quantitative estimate of drug-likeness (QED) is 0.0253. The van der Waals surface area contributed by atoms with Crippen LogP contribution in [0.1, 0.15) is 140 Å². The van der Waals surface area contributed by atoms with Gasteiger partial charge < -0.3 is 177 Å². The molecule has 0 radical (unpaired) electrons. The number of aliphatic hydroxyl groups excluding tert-OH is 21. The van der Waals surface area contributed by atoms with Crippen molar-refractivity contribution in [1.82, 2.24) is 94.8 Å². The van der Waals surface area contributed by atoms with Gasteiger partial charge in [-0.05, 0) is 252 Å². The zero-order valence-corrected chi connectivity index (χ0v) is 93.2. The highest BCUT2D eigenvalue weighted by Gasteiger charge is 2.19. The molecule has 858 valence electrons. The average molecular weight is 2040 g/mol. The first kappa shape index (κ1) is 156. The van der Waals surface area contributed by atoms with Crippen molar-refractivity contribution < 1.29 is 112 Å². The van der Waals surface area contributed by atoms with Crippen molar-refractivity contribution in [3.05, 3.63) is 0 Å². The Labute approximate surface area is 855 Å². The first-order valence-corrected chi connectivity index (χ1v) is 53.2. The van der Waals surface area contributed by atoms with Gasteiger partial charge in [0.1, 0.15) is 0 Å². The number of rotatable bonds is 49. The van der Waals surface area contributed by atoms with Gasteiger partial charge in [0.25, 0.3) is 0 Å². The Bertz CT molecular complexity index is 2070. The molecule has 41 nitrogen and oxygen atoms in total. The lowest BCUT2D eigenvalue weighted by Crippen LogP contribution is -2.47. The molecule has 0 saturated carbocycles. The van der Waals surface area contributed by atoms with Gasteiger partial charge in [-0.15, -0.1) is 0 Å². The molecule has 7 rings (SSSR count).